The Kier molecular flexibility index (Phi) is 6.50. The molecule has 1 aliphatic carbocycles. The zero-order valence-electron chi connectivity index (χ0n) is 19.8. The van der Waals surface area contributed by atoms with E-state index < -0.39 is 10.0 Å². The van der Waals surface area contributed by atoms with E-state index in [2.05, 4.69) is 25.0 Å². The predicted octanol–water partition coefficient (Wildman–Crippen LogP) is 3.71. The molecule has 0 spiro atoms. The molecule has 36 heavy (non-hydrogen) atoms. The number of anilines is 3. The van der Waals surface area contributed by atoms with E-state index >= 15 is 0 Å². The molecule has 1 aliphatic rings. The van der Waals surface area contributed by atoms with Crippen molar-refractivity contribution in [1.29, 1.82) is 0 Å². The van der Waals surface area contributed by atoms with Crippen LogP contribution < -0.4 is 10.0 Å². The first-order valence-corrected chi connectivity index (χ1v) is 13.3. The number of aromatic hydroxyl groups is 1. The molecule has 0 bridgehead atoms. The number of aliphatic hydroxyl groups excluding tert-OH is 1. The van der Waals surface area contributed by atoms with Crippen molar-refractivity contribution in [3.05, 3.63) is 60.6 Å². The minimum Gasteiger partial charge on any atom is -0.508 e. The monoisotopic (exact) mass is 508 g/mol. The van der Waals surface area contributed by atoms with Crippen LogP contribution in [0.1, 0.15) is 31.2 Å². The molecule has 0 amide bonds. The van der Waals surface area contributed by atoms with Crippen molar-refractivity contribution >= 4 is 38.4 Å². The van der Waals surface area contributed by atoms with Crippen LogP contribution in [0.25, 0.3) is 11.0 Å². The number of nitrogens with zero attached hydrogens (tertiary/aromatic N) is 4. The van der Waals surface area contributed by atoms with Gasteiger partial charge in [-0.15, -0.1) is 0 Å². The number of para-hydroxylation sites is 2. The predicted molar refractivity (Wildman–Crippen MR) is 137 cm³/mol. The SMILES string of the molecule is Cn1cnc(S(=O)(=O)Nc2nc3ccccc3nc2Nc2cc(O)ccc2CC2CCC(O)CC2)c1. The highest BCUT2D eigenvalue weighted by Gasteiger charge is 2.23. The Labute approximate surface area is 209 Å². The molecule has 2 aromatic heterocycles. The van der Waals surface area contributed by atoms with Crippen LogP contribution in [0, 0.1) is 5.92 Å². The van der Waals surface area contributed by atoms with Gasteiger partial charge in [-0.1, -0.05) is 18.2 Å². The lowest BCUT2D eigenvalue weighted by Gasteiger charge is -2.26. The largest absolute Gasteiger partial charge is 0.508 e. The fourth-order valence-corrected chi connectivity index (χ4v) is 5.50. The smallest absolute Gasteiger partial charge is 0.282 e. The third-order valence-corrected chi connectivity index (χ3v) is 7.65. The Hall–Kier alpha value is -3.70. The van der Waals surface area contributed by atoms with Crippen molar-refractivity contribution in [2.45, 2.75) is 43.2 Å². The van der Waals surface area contributed by atoms with Gasteiger partial charge in [-0.2, -0.15) is 8.42 Å². The normalized spacial score (nSPS) is 18.3. The molecule has 10 nitrogen and oxygen atoms in total. The average Bonchev–Trinajstić information content (AvgIpc) is 3.30. The Morgan fingerprint density at radius 1 is 1.03 bits per heavy atom. The fraction of sp³-hybridized carbons (Fsp3) is 0.320. The molecule has 0 aliphatic heterocycles. The molecule has 5 rings (SSSR count). The van der Waals surface area contributed by atoms with Crippen LogP contribution >= 0.6 is 0 Å². The summed E-state index contributed by atoms with van der Waals surface area (Å²) in [6, 6.07) is 12.3. The van der Waals surface area contributed by atoms with E-state index in [0.717, 1.165) is 37.7 Å². The summed E-state index contributed by atoms with van der Waals surface area (Å²) in [6.45, 7) is 0. The molecule has 1 saturated carbocycles. The molecule has 0 atom stereocenters. The highest BCUT2D eigenvalue weighted by atomic mass is 32.2. The number of imidazole rings is 1. The first kappa shape index (κ1) is 24.0. The molecule has 4 N–H and O–H groups in total. The molecule has 2 heterocycles. The van der Waals surface area contributed by atoms with Crippen molar-refractivity contribution < 1.29 is 18.6 Å². The number of phenols is 1. The van der Waals surface area contributed by atoms with Crippen molar-refractivity contribution in [1.82, 2.24) is 19.5 Å². The molecule has 188 valence electrons. The molecule has 0 unspecified atom stereocenters. The van der Waals surface area contributed by atoms with Gasteiger partial charge in [0.25, 0.3) is 10.0 Å². The van der Waals surface area contributed by atoms with Crippen LogP contribution in [0.3, 0.4) is 0 Å². The lowest BCUT2D eigenvalue weighted by atomic mass is 9.83. The summed E-state index contributed by atoms with van der Waals surface area (Å²) < 4.78 is 30.1. The van der Waals surface area contributed by atoms with Gasteiger partial charge in [-0.05, 0) is 61.8 Å². The summed E-state index contributed by atoms with van der Waals surface area (Å²) in [7, 11) is -2.33. The van der Waals surface area contributed by atoms with E-state index in [1.165, 1.54) is 12.5 Å². The number of hydrogen-bond donors (Lipinski definition) is 4. The summed E-state index contributed by atoms with van der Waals surface area (Å²) in [4.78, 5) is 13.1. The summed E-state index contributed by atoms with van der Waals surface area (Å²) >= 11 is 0. The zero-order valence-corrected chi connectivity index (χ0v) is 20.6. The minimum absolute atomic E-state index is 0.0226. The molecular weight excluding hydrogens is 480 g/mol. The highest BCUT2D eigenvalue weighted by molar-refractivity contribution is 7.92. The maximum absolute atomic E-state index is 13.0. The number of rotatable bonds is 7. The Balaban J connectivity index is 1.51. The number of benzene rings is 2. The first-order chi connectivity index (χ1) is 17.3. The molecule has 11 heteroatoms. The van der Waals surface area contributed by atoms with Gasteiger partial charge in [0.1, 0.15) is 5.75 Å². The number of nitrogens with one attached hydrogen (secondary N) is 2. The molecule has 2 aromatic carbocycles. The fourth-order valence-electron chi connectivity index (χ4n) is 4.51. The van der Waals surface area contributed by atoms with E-state index in [-0.39, 0.29) is 28.5 Å². The van der Waals surface area contributed by atoms with E-state index in [9.17, 15) is 18.6 Å². The minimum atomic E-state index is -4.02. The summed E-state index contributed by atoms with van der Waals surface area (Å²) in [6.07, 6.45) is 6.73. The standard InChI is InChI=1S/C25H28N6O4S/c1-31-14-23(26-15-31)36(34,35)30-25-24(27-20-4-2-3-5-21(20)28-25)29-22-13-19(33)11-8-17(22)12-16-6-9-18(32)10-7-16/h2-5,8,11,13-16,18,32-33H,6-7,9-10,12H2,1H3,(H,27,29)(H,28,30). The van der Waals surface area contributed by atoms with Crippen LogP contribution in [0.15, 0.2) is 60.0 Å². The van der Waals surface area contributed by atoms with Crippen LogP contribution in [0.2, 0.25) is 0 Å². The van der Waals surface area contributed by atoms with Crippen molar-refractivity contribution in [2.75, 3.05) is 10.0 Å². The average molecular weight is 509 g/mol. The number of aliphatic hydroxyl groups is 1. The Bertz CT molecular complexity index is 1500. The summed E-state index contributed by atoms with van der Waals surface area (Å²) in [5.41, 5.74) is 2.69. The van der Waals surface area contributed by atoms with E-state index in [1.807, 2.05) is 12.1 Å². The van der Waals surface area contributed by atoms with E-state index in [0.29, 0.717) is 22.6 Å². The maximum Gasteiger partial charge on any atom is 0.282 e. The van der Waals surface area contributed by atoms with Crippen molar-refractivity contribution in [2.24, 2.45) is 13.0 Å². The number of sulfonamides is 1. The number of hydrogen-bond acceptors (Lipinski definition) is 8. The van der Waals surface area contributed by atoms with Crippen molar-refractivity contribution in [3.63, 3.8) is 0 Å². The van der Waals surface area contributed by atoms with Gasteiger partial charge < -0.3 is 20.1 Å². The van der Waals surface area contributed by atoms with Crippen LogP contribution in [-0.4, -0.2) is 44.3 Å². The first-order valence-electron chi connectivity index (χ1n) is 11.8. The van der Waals surface area contributed by atoms with E-state index in [1.54, 1.807) is 41.9 Å². The Morgan fingerprint density at radius 2 is 1.72 bits per heavy atom. The van der Waals surface area contributed by atoms with Gasteiger partial charge in [0.05, 0.1) is 23.5 Å². The topological polar surface area (TPSA) is 142 Å². The van der Waals surface area contributed by atoms with Crippen LogP contribution in [0.4, 0.5) is 17.3 Å². The van der Waals surface area contributed by atoms with Gasteiger partial charge >= 0.3 is 0 Å². The van der Waals surface area contributed by atoms with Crippen LogP contribution in [-0.2, 0) is 23.5 Å². The van der Waals surface area contributed by atoms with Gasteiger partial charge in [0, 0.05) is 25.0 Å². The van der Waals surface area contributed by atoms with Crippen molar-refractivity contribution in [3.8, 4) is 5.75 Å². The van der Waals surface area contributed by atoms with E-state index in [4.69, 9.17) is 0 Å². The van der Waals surface area contributed by atoms with Crippen LogP contribution in [0.5, 0.6) is 5.75 Å². The molecule has 0 saturated heterocycles. The third kappa shape index (κ3) is 5.26. The Morgan fingerprint density at radius 3 is 2.39 bits per heavy atom. The zero-order chi connectivity index (χ0) is 25.3. The van der Waals surface area contributed by atoms with Gasteiger partial charge in [0.2, 0.25) is 0 Å². The van der Waals surface area contributed by atoms with Gasteiger partial charge in [-0.3, -0.25) is 4.72 Å². The molecule has 1 fully saturated rings. The molecule has 4 aromatic rings. The number of aromatic nitrogens is 4. The lowest BCUT2D eigenvalue weighted by molar-refractivity contribution is 0.109. The maximum atomic E-state index is 13.0. The third-order valence-electron chi connectivity index (χ3n) is 6.43. The molecular formula is C25H28N6O4S. The molecule has 0 radical (unpaired) electrons. The lowest BCUT2D eigenvalue weighted by Crippen LogP contribution is -2.20. The van der Waals surface area contributed by atoms with Gasteiger partial charge in [0.15, 0.2) is 16.7 Å². The van der Waals surface area contributed by atoms with Gasteiger partial charge in [-0.25, -0.2) is 15.0 Å². The quantitative estimate of drug-likeness (QED) is 0.296. The second-order valence-corrected chi connectivity index (χ2v) is 10.9. The highest BCUT2D eigenvalue weighted by Crippen LogP contribution is 2.34. The number of phenolic OH excluding ortho intramolecular Hbond substituents is 1. The second kappa shape index (κ2) is 9.75. The summed E-state index contributed by atoms with van der Waals surface area (Å²) in [5.74, 6) is 0.710. The second-order valence-electron chi connectivity index (χ2n) is 9.24. The number of fused-ring (bicyclic) bond motifs is 1. The summed E-state index contributed by atoms with van der Waals surface area (Å²) in [5, 5.41) is 23.1. The number of aryl methyl sites for hydroxylation is 1.